The summed E-state index contributed by atoms with van der Waals surface area (Å²) in [7, 11) is 0. The Morgan fingerprint density at radius 3 is 2.46 bits per heavy atom. The highest BCUT2D eigenvalue weighted by molar-refractivity contribution is 6.33. The van der Waals surface area contributed by atoms with Crippen LogP contribution in [0.4, 0.5) is 5.69 Å². The number of halogens is 1. The van der Waals surface area contributed by atoms with E-state index in [2.05, 4.69) is 5.32 Å². The van der Waals surface area contributed by atoms with Crippen LogP contribution < -0.4 is 15.5 Å². The van der Waals surface area contributed by atoms with Crippen molar-refractivity contribution >= 4 is 44.9 Å². The topological polar surface area (TPSA) is 68.5 Å². The van der Waals surface area contributed by atoms with Crippen molar-refractivity contribution in [2.45, 2.75) is 13.8 Å². The maximum atomic E-state index is 13.5. The molecule has 1 N–H and O–H groups in total. The van der Waals surface area contributed by atoms with Gasteiger partial charge < -0.3 is 14.5 Å². The second kappa shape index (κ2) is 9.28. The first kappa shape index (κ1) is 22.7. The van der Waals surface area contributed by atoms with Crippen molar-refractivity contribution in [3.05, 3.63) is 105 Å². The maximum Gasteiger partial charge on any atom is 0.262 e. The molecule has 0 bridgehead atoms. The molecule has 1 heterocycles. The number of carbonyl (C=O) groups excluding carboxylic acids is 1. The number of hydrogen-bond donors (Lipinski definition) is 1. The van der Waals surface area contributed by atoms with Gasteiger partial charge in [0.2, 0.25) is 11.2 Å². The third-order valence-corrected chi connectivity index (χ3v) is 6.32. The Hall–Kier alpha value is -4.09. The van der Waals surface area contributed by atoms with Gasteiger partial charge in [-0.25, -0.2) is 0 Å². The average molecular weight is 484 g/mol. The first-order chi connectivity index (χ1) is 16.9. The van der Waals surface area contributed by atoms with Gasteiger partial charge >= 0.3 is 0 Å². The molecular weight excluding hydrogens is 462 g/mol. The van der Waals surface area contributed by atoms with Gasteiger partial charge in [-0.2, -0.15) is 0 Å². The van der Waals surface area contributed by atoms with Crippen molar-refractivity contribution in [1.29, 1.82) is 0 Å². The first-order valence-electron chi connectivity index (χ1n) is 11.2. The minimum Gasteiger partial charge on any atom is -0.476 e. The van der Waals surface area contributed by atoms with Crippen molar-refractivity contribution in [3.8, 4) is 17.1 Å². The summed E-state index contributed by atoms with van der Waals surface area (Å²) in [4.78, 5) is 26.3. The zero-order valence-corrected chi connectivity index (χ0v) is 20.0. The van der Waals surface area contributed by atoms with E-state index in [0.717, 1.165) is 21.9 Å². The minimum absolute atomic E-state index is 0.0538. The zero-order valence-electron chi connectivity index (χ0n) is 19.2. The van der Waals surface area contributed by atoms with E-state index in [-0.39, 0.29) is 23.5 Å². The molecule has 0 radical (unpaired) electrons. The highest BCUT2D eigenvalue weighted by atomic mass is 35.5. The average Bonchev–Trinajstić information content (AvgIpc) is 2.85. The lowest BCUT2D eigenvalue weighted by Gasteiger charge is -2.14. The summed E-state index contributed by atoms with van der Waals surface area (Å²) in [5.41, 5.74) is 3.20. The lowest BCUT2D eigenvalue weighted by atomic mass is 10.0. The molecule has 0 saturated heterocycles. The van der Waals surface area contributed by atoms with Crippen molar-refractivity contribution < 1.29 is 13.9 Å². The molecule has 0 aliphatic carbocycles. The van der Waals surface area contributed by atoms with Crippen LogP contribution in [-0.4, -0.2) is 12.5 Å². The fraction of sp³-hybridized carbons (Fsp3) is 0.103. The van der Waals surface area contributed by atoms with Crippen molar-refractivity contribution in [3.63, 3.8) is 0 Å². The van der Waals surface area contributed by atoms with Gasteiger partial charge in [0.15, 0.2) is 12.4 Å². The molecule has 0 saturated carbocycles. The molecule has 0 unspecified atom stereocenters. The number of carbonyl (C=O) groups is 1. The highest BCUT2D eigenvalue weighted by Crippen LogP contribution is 2.35. The first-order valence-corrected chi connectivity index (χ1v) is 11.5. The molecule has 0 aliphatic rings. The fourth-order valence-corrected chi connectivity index (χ4v) is 4.27. The molecule has 1 amide bonds. The Morgan fingerprint density at radius 1 is 0.914 bits per heavy atom. The third kappa shape index (κ3) is 4.38. The molecule has 0 spiro atoms. The molecule has 5 rings (SSSR count). The van der Waals surface area contributed by atoms with Crippen molar-refractivity contribution in [2.75, 3.05) is 11.9 Å². The quantitative estimate of drug-likeness (QED) is 0.295. The molecule has 174 valence electrons. The van der Waals surface area contributed by atoms with E-state index in [4.69, 9.17) is 20.8 Å². The largest absolute Gasteiger partial charge is 0.476 e. The summed E-state index contributed by atoms with van der Waals surface area (Å²) >= 11 is 6.42. The summed E-state index contributed by atoms with van der Waals surface area (Å²) in [6.45, 7) is 3.50. The van der Waals surface area contributed by atoms with Gasteiger partial charge in [0, 0.05) is 16.6 Å². The summed E-state index contributed by atoms with van der Waals surface area (Å²) in [6, 6.07) is 24.1. The monoisotopic (exact) mass is 483 g/mol. The third-order valence-electron chi connectivity index (χ3n) is 5.99. The number of rotatable bonds is 5. The van der Waals surface area contributed by atoms with E-state index in [1.54, 1.807) is 30.3 Å². The van der Waals surface area contributed by atoms with Crippen molar-refractivity contribution in [2.24, 2.45) is 0 Å². The summed E-state index contributed by atoms with van der Waals surface area (Å²) in [5.74, 6) is -0.262. The van der Waals surface area contributed by atoms with Gasteiger partial charge in [-0.1, -0.05) is 60.1 Å². The summed E-state index contributed by atoms with van der Waals surface area (Å²) in [5, 5.41) is 5.59. The van der Waals surface area contributed by atoms with Crippen LogP contribution in [0.3, 0.4) is 0 Å². The summed E-state index contributed by atoms with van der Waals surface area (Å²) in [6.07, 6.45) is 0. The molecule has 5 nitrogen and oxygen atoms in total. The zero-order chi connectivity index (χ0) is 24.5. The number of anilines is 1. The lowest BCUT2D eigenvalue weighted by molar-refractivity contribution is -0.118. The SMILES string of the molecule is Cc1cc2oc(-c3ccccc3Cl)c(OCC(=O)Nc3cccc4ccccc34)c(=O)c2cc1C. The number of ether oxygens (including phenoxy) is 1. The lowest BCUT2D eigenvalue weighted by Crippen LogP contribution is -2.22. The number of aryl methyl sites for hydroxylation is 2. The Bertz CT molecular complexity index is 1650. The number of fused-ring (bicyclic) bond motifs is 2. The van der Waals surface area contributed by atoms with Gasteiger partial charge in [0.05, 0.1) is 10.4 Å². The molecule has 0 atom stereocenters. The van der Waals surface area contributed by atoms with Crippen LogP contribution >= 0.6 is 11.6 Å². The predicted octanol–water partition coefficient (Wildman–Crippen LogP) is 6.90. The molecule has 0 aliphatic heterocycles. The second-order valence-electron chi connectivity index (χ2n) is 8.37. The van der Waals surface area contributed by atoms with Crippen LogP contribution in [0.15, 0.2) is 88.1 Å². The molecule has 35 heavy (non-hydrogen) atoms. The van der Waals surface area contributed by atoms with Gasteiger partial charge in [0.25, 0.3) is 5.91 Å². The van der Waals surface area contributed by atoms with Gasteiger partial charge in [-0.05, 0) is 60.7 Å². The smallest absolute Gasteiger partial charge is 0.262 e. The van der Waals surface area contributed by atoms with E-state index in [1.165, 1.54) is 0 Å². The normalized spacial score (nSPS) is 11.1. The summed E-state index contributed by atoms with van der Waals surface area (Å²) < 4.78 is 12.0. The fourth-order valence-electron chi connectivity index (χ4n) is 4.05. The van der Waals surface area contributed by atoms with E-state index < -0.39 is 5.91 Å². The number of hydrogen-bond acceptors (Lipinski definition) is 4. The van der Waals surface area contributed by atoms with Gasteiger partial charge in [-0.3, -0.25) is 9.59 Å². The molecule has 4 aromatic carbocycles. The van der Waals surface area contributed by atoms with E-state index in [1.807, 2.05) is 62.4 Å². The Kier molecular flexibility index (Phi) is 6.01. The Labute approximate surface area is 206 Å². The van der Waals surface area contributed by atoms with E-state index in [9.17, 15) is 9.59 Å². The van der Waals surface area contributed by atoms with Crippen LogP contribution in [0.1, 0.15) is 11.1 Å². The van der Waals surface area contributed by atoms with Crippen LogP contribution in [-0.2, 0) is 4.79 Å². The van der Waals surface area contributed by atoms with Crippen molar-refractivity contribution in [1.82, 2.24) is 0 Å². The molecule has 5 aromatic rings. The van der Waals surface area contributed by atoms with Crippen LogP contribution in [0.25, 0.3) is 33.1 Å². The number of amides is 1. The predicted molar refractivity (Wildman–Crippen MR) is 140 cm³/mol. The van der Waals surface area contributed by atoms with E-state index >= 15 is 0 Å². The maximum absolute atomic E-state index is 13.5. The molecule has 6 heteroatoms. The van der Waals surface area contributed by atoms with E-state index in [0.29, 0.717) is 27.2 Å². The van der Waals surface area contributed by atoms with Gasteiger partial charge in [0.1, 0.15) is 5.58 Å². The standard InChI is InChI=1S/C29H22ClNO4/c1-17-14-22-25(15-18(17)2)35-28(21-11-5-6-12-23(21)30)29(27(22)33)34-16-26(32)31-24-13-7-9-19-8-3-4-10-20(19)24/h3-15H,16H2,1-2H3,(H,31,32). The van der Waals surface area contributed by atoms with Crippen LogP contribution in [0.5, 0.6) is 5.75 Å². The second-order valence-corrected chi connectivity index (χ2v) is 8.77. The Morgan fingerprint density at radius 2 is 1.63 bits per heavy atom. The van der Waals surface area contributed by atoms with Crippen LogP contribution in [0, 0.1) is 13.8 Å². The number of nitrogens with one attached hydrogen (secondary N) is 1. The van der Waals surface area contributed by atoms with Gasteiger partial charge in [-0.15, -0.1) is 0 Å². The molecule has 1 aromatic heterocycles. The molecule has 0 fully saturated rings. The molecular formula is C29H22ClNO4. The highest BCUT2D eigenvalue weighted by Gasteiger charge is 2.21. The Balaban J connectivity index is 1.52. The number of benzene rings is 4. The minimum atomic E-state index is -0.397. The van der Waals surface area contributed by atoms with Crippen LogP contribution in [0.2, 0.25) is 5.02 Å².